The molecule has 0 spiro atoms. The minimum Gasteiger partial charge on any atom is -0.294 e. The molecule has 1 aromatic rings. The topological polar surface area (TPSA) is 103 Å². The van der Waals surface area contributed by atoms with E-state index in [1.807, 2.05) is 0 Å². The fraction of sp³-hybridized carbons (Fsp3) is 0.500. The van der Waals surface area contributed by atoms with Crippen molar-refractivity contribution in [2.75, 3.05) is 0 Å². The van der Waals surface area contributed by atoms with Crippen molar-refractivity contribution in [2.24, 2.45) is 0 Å². The number of rotatable bonds is 3. The number of nitro benzene ring substituents is 2. The van der Waals surface area contributed by atoms with Gasteiger partial charge in [0.05, 0.1) is 9.85 Å². The largest absolute Gasteiger partial charge is 0.294 e. The zero-order chi connectivity index (χ0) is 16.7. The Morgan fingerprint density at radius 2 is 1.38 bits per heavy atom. The van der Waals surface area contributed by atoms with Gasteiger partial charge in [-0.25, -0.2) is 0 Å². The van der Waals surface area contributed by atoms with Crippen LogP contribution in [0.3, 0.4) is 0 Å². The molecule has 0 saturated carbocycles. The van der Waals surface area contributed by atoms with Crippen LogP contribution in [0.5, 0.6) is 0 Å². The number of carbonyl (C=O) groups is 1. The molecule has 0 saturated heterocycles. The molecule has 0 amide bonds. The highest BCUT2D eigenvalue weighted by atomic mass is 16.6. The molecule has 0 atom stereocenters. The number of nitrogens with zero attached hydrogens (tertiary/aromatic N) is 2. The lowest BCUT2D eigenvalue weighted by atomic mass is 9.78. The average molecular weight is 294 g/mol. The Morgan fingerprint density at radius 1 is 0.952 bits per heavy atom. The van der Waals surface area contributed by atoms with E-state index in [4.69, 9.17) is 0 Å². The lowest BCUT2D eigenvalue weighted by molar-refractivity contribution is -0.396. The maximum absolute atomic E-state index is 11.9. The van der Waals surface area contributed by atoms with Crippen molar-refractivity contribution in [3.8, 4) is 0 Å². The van der Waals surface area contributed by atoms with E-state index < -0.39 is 21.0 Å². The Morgan fingerprint density at radius 3 is 1.67 bits per heavy atom. The number of hydrogen-bond acceptors (Lipinski definition) is 5. The molecule has 0 aliphatic carbocycles. The second-order valence-electron chi connectivity index (χ2n) is 6.02. The summed E-state index contributed by atoms with van der Waals surface area (Å²) in [5, 5.41) is 22.6. The van der Waals surface area contributed by atoms with Crippen LogP contribution in [0, 0.1) is 34.1 Å². The number of Topliss-reactive ketones (excluding diaryl/α,β-unsaturated/α-hetero) is 1. The molecule has 0 heterocycles. The molecule has 0 aliphatic rings. The Kier molecular flexibility index (Phi) is 4.17. The van der Waals surface area contributed by atoms with Gasteiger partial charge in [-0.2, -0.15) is 0 Å². The summed E-state index contributed by atoms with van der Waals surface area (Å²) in [5.41, 5.74) is -0.899. The first-order valence-corrected chi connectivity index (χ1v) is 6.38. The molecule has 0 aliphatic heterocycles. The molecule has 21 heavy (non-hydrogen) atoms. The molecule has 7 heteroatoms. The van der Waals surface area contributed by atoms with Gasteiger partial charge in [0.25, 0.3) is 11.4 Å². The van der Waals surface area contributed by atoms with Crippen LogP contribution in [0.4, 0.5) is 11.4 Å². The number of hydrogen-bond donors (Lipinski definition) is 0. The monoisotopic (exact) mass is 294 g/mol. The van der Waals surface area contributed by atoms with Gasteiger partial charge in [-0.3, -0.25) is 25.0 Å². The van der Waals surface area contributed by atoms with E-state index in [1.165, 1.54) is 20.8 Å². The predicted octanol–water partition coefficient (Wildman–Crippen LogP) is 3.62. The highest BCUT2D eigenvalue weighted by Crippen LogP contribution is 2.43. The predicted molar refractivity (Wildman–Crippen MR) is 77.9 cm³/mol. The van der Waals surface area contributed by atoms with Gasteiger partial charge in [0, 0.05) is 16.7 Å². The second-order valence-corrected chi connectivity index (χ2v) is 6.02. The van der Waals surface area contributed by atoms with Crippen LogP contribution in [0.2, 0.25) is 0 Å². The zero-order valence-corrected chi connectivity index (χ0v) is 12.9. The average Bonchev–Trinajstić information content (AvgIpc) is 2.24. The van der Waals surface area contributed by atoms with Gasteiger partial charge in [-0.1, -0.05) is 20.8 Å². The molecule has 0 fully saturated rings. The first-order chi connectivity index (χ1) is 9.41. The van der Waals surface area contributed by atoms with Crippen molar-refractivity contribution < 1.29 is 14.6 Å². The highest BCUT2D eigenvalue weighted by Gasteiger charge is 2.38. The summed E-state index contributed by atoms with van der Waals surface area (Å²) in [5.74, 6) is -0.413. The normalized spacial score (nSPS) is 11.3. The Bertz CT molecular complexity index is 615. The fourth-order valence-corrected chi connectivity index (χ4v) is 2.68. The Hall–Kier alpha value is -2.31. The summed E-state index contributed by atoms with van der Waals surface area (Å²) in [6, 6.07) is 0. The zero-order valence-electron chi connectivity index (χ0n) is 12.9. The molecule has 1 rings (SSSR count). The Balaban J connectivity index is 4.17. The van der Waals surface area contributed by atoms with Crippen molar-refractivity contribution in [1.82, 2.24) is 0 Å². The van der Waals surface area contributed by atoms with E-state index in [-0.39, 0.29) is 33.6 Å². The van der Waals surface area contributed by atoms with E-state index in [1.54, 1.807) is 20.8 Å². The van der Waals surface area contributed by atoms with Gasteiger partial charge in [-0.15, -0.1) is 0 Å². The number of ketones is 1. The van der Waals surface area contributed by atoms with Gasteiger partial charge in [0.1, 0.15) is 5.56 Å². The molecule has 0 radical (unpaired) electrons. The van der Waals surface area contributed by atoms with E-state index in [0.717, 1.165) is 0 Å². The van der Waals surface area contributed by atoms with Crippen LogP contribution in [-0.4, -0.2) is 15.6 Å². The quantitative estimate of drug-likeness (QED) is 0.481. The summed E-state index contributed by atoms with van der Waals surface area (Å²) < 4.78 is 0. The van der Waals surface area contributed by atoms with Crippen LogP contribution in [0.15, 0.2) is 0 Å². The summed E-state index contributed by atoms with van der Waals surface area (Å²) in [4.78, 5) is 33.3. The highest BCUT2D eigenvalue weighted by molar-refractivity contribution is 6.00. The van der Waals surface area contributed by atoms with E-state index in [0.29, 0.717) is 0 Å². The van der Waals surface area contributed by atoms with Crippen LogP contribution in [0.25, 0.3) is 0 Å². The molecule has 0 aromatic heterocycles. The molecule has 0 bridgehead atoms. The van der Waals surface area contributed by atoms with Crippen molar-refractivity contribution in [3.63, 3.8) is 0 Å². The third kappa shape index (κ3) is 2.76. The summed E-state index contributed by atoms with van der Waals surface area (Å²) >= 11 is 0. The van der Waals surface area contributed by atoms with E-state index >= 15 is 0 Å². The van der Waals surface area contributed by atoms with Gasteiger partial charge < -0.3 is 0 Å². The molecule has 1 aromatic carbocycles. The number of carbonyl (C=O) groups excluding carboxylic acids is 1. The standard InChI is InChI=1S/C14H18N2O5/c1-7-10(9(3)17)11(14(4,5)6)13(16(20)21)8(2)12(7)15(18)19/h1-6H3. The van der Waals surface area contributed by atoms with Gasteiger partial charge in [0.2, 0.25) is 0 Å². The van der Waals surface area contributed by atoms with Crippen LogP contribution < -0.4 is 0 Å². The van der Waals surface area contributed by atoms with Crippen LogP contribution >= 0.6 is 0 Å². The molecular weight excluding hydrogens is 276 g/mol. The van der Waals surface area contributed by atoms with E-state index in [9.17, 15) is 25.0 Å². The number of nitro groups is 2. The van der Waals surface area contributed by atoms with Gasteiger partial charge >= 0.3 is 0 Å². The van der Waals surface area contributed by atoms with Crippen molar-refractivity contribution >= 4 is 17.2 Å². The van der Waals surface area contributed by atoms with Gasteiger partial charge in [0.15, 0.2) is 5.78 Å². The first-order valence-electron chi connectivity index (χ1n) is 6.38. The smallest absolute Gasteiger partial charge is 0.283 e. The molecular formula is C14H18N2O5. The van der Waals surface area contributed by atoms with Crippen LogP contribution in [-0.2, 0) is 5.41 Å². The maximum atomic E-state index is 11.9. The molecule has 7 nitrogen and oxygen atoms in total. The Labute approximate surface area is 122 Å². The second kappa shape index (κ2) is 5.23. The lowest BCUT2D eigenvalue weighted by Gasteiger charge is -2.24. The third-order valence-corrected chi connectivity index (χ3v) is 3.39. The third-order valence-electron chi connectivity index (χ3n) is 3.39. The van der Waals surface area contributed by atoms with Crippen molar-refractivity contribution in [2.45, 2.75) is 47.0 Å². The lowest BCUT2D eigenvalue weighted by Crippen LogP contribution is -2.21. The molecule has 0 unspecified atom stereocenters. The minimum atomic E-state index is -0.686. The first kappa shape index (κ1) is 16.7. The summed E-state index contributed by atoms with van der Waals surface area (Å²) in [6.45, 7) is 9.30. The van der Waals surface area contributed by atoms with Crippen LogP contribution in [0.1, 0.15) is 54.7 Å². The molecule has 0 N–H and O–H groups in total. The summed E-state index contributed by atoms with van der Waals surface area (Å²) in [7, 11) is 0. The SMILES string of the molecule is CC(=O)c1c(C)c([N+](=O)[O-])c(C)c([N+](=O)[O-])c1C(C)(C)C. The van der Waals surface area contributed by atoms with E-state index in [2.05, 4.69) is 0 Å². The minimum absolute atomic E-state index is 0.0163. The maximum Gasteiger partial charge on any atom is 0.283 e. The van der Waals surface area contributed by atoms with Crippen molar-refractivity contribution in [3.05, 3.63) is 42.5 Å². The molecule has 114 valence electrons. The number of benzene rings is 1. The van der Waals surface area contributed by atoms with Crippen molar-refractivity contribution in [1.29, 1.82) is 0 Å². The fourth-order valence-electron chi connectivity index (χ4n) is 2.68. The van der Waals surface area contributed by atoms with Gasteiger partial charge in [-0.05, 0) is 26.2 Å². The summed E-state index contributed by atoms with van der Waals surface area (Å²) in [6.07, 6.45) is 0.